The minimum atomic E-state index is -0.576. The first-order valence-corrected chi connectivity index (χ1v) is 11.3. The van der Waals surface area contributed by atoms with Gasteiger partial charge in [-0.1, -0.05) is 30.3 Å². The molecule has 1 heterocycles. The van der Waals surface area contributed by atoms with E-state index in [-0.39, 0.29) is 30.4 Å². The van der Waals surface area contributed by atoms with Crippen LogP contribution in [0.4, 0.5) is 10.7 Å². The fourth-order valence-electron chi connectivity index (χ4n) is 3.22. The van der Waals surface area contributed by atoms with Crippen molar-refractivity contribution in [1.29, 1.82) is 0 Å². The van der Waals surface area contributed by atoms with Crippen LogP contribution in [-0.4, -0.2) is 31.5 Å². The second kappa shape index (κ2) is 11.3. The van der Waals surface area contributed by atoms with Gasteiger partial charge in [-0.25, -0.2) is 4.79 Å². The molecule has 0 saturated heterocycles. The SMILES string of the molecule is CCOC(=O)c1c(NC(=O)CCc2ccccc2)sc(C(=O)Nc2ccc(OC)cc2)c1C. The average Bonchev–Trinajstić information content (AvgIpc) is 3.14. The zero-order valence-electron chi connectivity index (χ0n) is 18.8. The number of esters is 1. The highest BCUT2D eigenvalue weighted by Gasteiger charge is 2.26. The summed E-state index contributed by atoms with van der Waals surface area (Å²) in [5.41, 5.74) is 2.29. The molecule has 2 N–H and O–H groups in total. The molecule has 2 amide bonds. The topological polar surface area (TPSA) is 93.7 Å². The van der Waals surface area contributed by atoms with Gasteiger partial charge in [-0.2, -0.15) is 0 Å². The Kier molecular flexibility index (Phi) is 8.21. The van der Waals surface area contributed by atoms with E-state index in [4.69, 9.17) is 9.47 Å². The number of nitrogens with one attached hydrogen (secondary N) is 2. The Bertz CT molecular complexity index is 1120. The van der Waals surface area contributed by atoms with E-state index >= 15 is 0 Å². The van der Waals surface area contributed by atoms with E-state index in [9.17, 15) is 14.4 Å². The minimum absolute atomic E-state index is 0.183. The van der Waals surface area contributed by atoms with Crippen molar-refractivity contribution in [2.45, 2.75) is 26.7 Å². The molecule has 0 atom stereocenters. The lowest BCUT2D eigenvalue weighted by Gasteiger charge is -2.07. The van der Waals surface area contributed by atoms with Gasteiger partial charge in [0.25, 0.3) is 5.91 Å². The molecule has 0 unspecified atom stereocenters. The van der Waals surface area contributed by atoms with Crippen molar-refractivity contribution >= 4 is 39.8 Å². The lowest BCUT2D eigenvalue weighted by atomic mass is 10.1. The third kappa shape index (κ3) is 6.20. The maximum absolute atomic E-state index is 12.9. The first-order chi connectivity index (χ1) is 15.9. The number of aryl methyl sites for hydroxylation is 1. The second-order valence-corrected chi connectivity index (χ2v) is 8.22. The van der Waals surface area contributed by atoms with Crippen molar-refractivity contribution in [2.24, 2.45) is 0 Å². The summed E-state index contributed by atoms with van der Waals surface area (Å²) in [5, 5.41) is 5.92. The fourth-order valence-corrected chi connectivity index (χ4v) is 4.33. The third-order valence-corrected chi connectivity index (χ3v) is 6.12. The van der Waals surface area contributed by atoms with Crippen molar-refractivity contribution in [3.8, 4) is 5.75 Å². The summed E-state index contributed by atoms with van der Waals surface area (Å²) in [4.78, 5) is 38.5. The highest BCUT2D eigenvalue weighted by atomic mass is 32.1. The second-order valence-electron chi connectivity index (χ2n) is 7.20. The molecule has 3 aromatic rings. The Morgan fingerprint density at radius 2 is 1.67 bits per heavy atom. The lowest BCUT2D eigenvalue weighted by molar-refractivity contribution is -0.116. The molecule has 0 fully saturated rings. The quantitative estimate of drug-likeness (QED) is 0.430. The molecule has 7 nitrogen and oxygen atoms in total. The van der Waals surface area contributed by atoms with Crippen molar-refractivity contribution in [1.82, 2.24) is 0 Å². The molecular formula is C25H26N2O5S. The van der Waals surface area contributed by atoms with Gasteiger partial charge in [0, 0.05) is 12.1 Å². The van der Waals surface area contributed by atoms with Gasteiger partial charge >= 0.3 is 5.97 Å². The Labute approximate surface area is 196 Å². The fraction of sp³-hybridized carbons (Fsp3) is 0.240. The standard InChI is InChI=1S/C25H26N2O5S/c1-4-32-25(30)21-16(2)22(23(29)26-18-11-13-19(31-3)14-12-18)33-24(21)27-20(28)15-10-17-8-6-5-7-9-17/h5-9,11-14H,4,10,15H2,1-3H3,(H,26,29)(H,27,28). The minimum Gasteiger partial charge on any atom is -0.497 e. The number of amides is 2. The molecule has 0 aliphatic rings. The number of hydrogen-bond donors (Lipinski definition) is 2. The number of ether oxygens (including phenoxy) is 2. The molecule has 0 aliphatic carbocycles. The van der Waals surface area contributed by atoms with Crippen LogP contribution >= 0.6 is 11.3 Å². The molecule has 33 heavy (non-hydrogen) atoms. The van der Waals surface area contributed by atoms with Crippen LogP contribution in [0.1, 0.15) is 44.5 Å². The first-order valence-electron chi connectivity index (χ1n) is 10.5. The highest BCUT2D eigenvalue weighted by molar-refractivity contribution is 7.18. The lowest BCUT2D eigenvalue weighted by Crippen LogP contribution is -2.15. The van der Waals surface area contributed by atoms with Gasteiger partial charge in [-0.05, 0) is 55.7 Å². The average molecular weight is 467 g/mol. The van der Waals surface area contributed by atoms with Gasteiger partial charge in [0.1, 0.15) is 10.8 Å². The van der Waals surface area contributed by atoms with E-state index in [1.165, 1.54) is 0 Å². The summed E-state index contributed by atoms with van der Waals surface area (Å²) < 4.78 is 10.3. The number of anilines is 2. The summed E-state index contributed by atoms with van der Waals surface area (Å²) in [6.45, 7) is 3.56. The van der Waals surface area contributed by atoms with Crippen LogP contribution in [0, 0.1) is 6.92 Å². The van der Waals surface area contributed by atoms with Crippen LogP contribution in [0.5, 0.6) is 5.75 Å². The first kappa shape index (κ1) is 24.0. The van der Waals surface area contributed by atoms with Crippen LogP contribution in [-0.2, 0) is 16.0 Å². The molecule has 8 heteroatoms. The number of carbonyl (C=O) groups excluding carboxylic acids is 3. The van der Waals surface area contributed by atoms with E-state index in [2.05, 4.69) is 10.6 Å². The van der Waals surface area contributed by atoms with E-state index in [1.807, 2.05) is 30.3 Å². The summed E-state index contributed by atoms with van der Waals surface area (Å²) in [6, 6.07) is 16.6. The number of thiophene rings is 1. The Morgan fingerprint density at radius 3 is 2.30 bits per heavy atom. The number of hydrogen-bond acceptors (Lipinski definition) is 6. The van der Waals surface area contributed by atoms with Gasteiger partial charge in [-0.15, -0.1) is 11.3 Å². The maximum atomic E-state index is 12.9. The van der Waals surface area contributed by atoms with Crippen LogP contribution < -0.4 is 15.4 Å². The van der Waals surface area contributed by atoms with E-state index in [1.54, 1.807) is 45.2 Å². The third-order valence-electron chi connectivity index (χ3n) is 4.92. The van der Waals surface area contributed by atoms with Crippen molar-refractivity contribution in [3.05, 3.63) is 76.2 Å². The van der Waals surface area contributed by atoms with Crippen molar-refractivity contribution in [3.63, 3.8) is 0 Å². The Morgan fingerprint density at radius 1 is 0.970 bits per heavy atom. The van der Waals surface area contributed by atoms with E-state index in [0.717, 1.165) is 16.9 Å². The zero-order chi connectivity index (χ0) is 23.8. The van der Waals surface area contributed by atoms with Gasteiger partial charge in [-0.3, -0.25) is 9.59 Å². The Balaban J connectivity index is 1.79. The molecule has 0 bridgehead atoms. The van der Waals surface area contributed by atoms with Crippen molar-refractivity contribution in [2.75, 3.05) is 24.4 Å². The van der Waals surface area contributed by atoms with E-state index in [0.29, 0.717) is 33.3 Å². The number of rotatable bonds is 9. The molecule has 0 radical (unpaired) electrons. The molecular weight excluding hydrogens is 440 g/mol. The zero-order valence-corrected chi connectivity index (χ0v) is 19.6. The Hall–Kier alpha value is -3.65. The van der Waals surface area contributed by atoms with Crippen molar-refractivity contribution < 1.29 is 23.9 Å². The largest absolute Gasteiger partial charge is 0.497 e. The molecule has 1 aromatic heterocycles. The van der Waals surface area contributed by atoms with Crippen LogP contribution in [0.3, 0.4) is 0 Å². The molecule has 0 saturated carbocycles. The molecule has 2 aromatic carbocycles. The van der Waals surface area contributed by atoms with Gasteiger partial charge < -0.3 is 20.1 Å². The molecule has 0 aliphatic heterocycles. The molecule has 3 rings (SSSR count). The molecule has 172 valence electrons. The van der Waals surface area contributed by atoms with Gasteiger partial charge in [0.05, 0.1) is 24.2 Å². The predicted molar refractivity (Wildman–Crippen MR) is 129 cm³/mol. The summed E-state index contributed by atoms with van der Waals surface area (Å²) in [6.07, 6.45) is 0.813. The highest BCUT2D eigenvalue weighted by Crippen LogP contribution is 2.34. The van der Waals surface area contributed by atoms with Gasteiger partial charge in [0.2, 0.25) is 5.91 Å². The van der Waals surface area contributed by atoms with Crippen LogP contribution in [0.15, 0.2) is 54.6 Å². The van der Waals surface area contributed by atoms with Crippen LogP contribution in [0.2, 0.25) is 0 Å². The maximum Gasteiger partial charge on any atom is 0.341 e. The predicted octanol–water partition coefficient (Wildman–Crippen LogP) is 5.07. The normalized spacial score (nSPS) is 10.4. The number of carbonyl (C=O) groups is 3. The summed E-state index contributed by atoms with van der Waals surface area (Å²) in [5.74, 6) is -0.524. The monoisotopic (exact) mass is 466 g/mol. The number of benzene rings is 2. The van der Waals surface area contributed by atoms with E-state index < -0.39 is 5.97 Å². The van der Waals surface area contributed by atoms with Crippen LogP contribution in [0.25, 0.3) is 0 Å². The number of methoxy groups -OCH3 is 1. The summed E-state index contributed by atoms with van der Waals surface area (Å²) >= 11 is 1.06. The van der Waals surface area contributed by atoms with Gasteiger partial charge in [0.15, 0.2) is 0 Å². The summed E-state index contributed by atoms with van der Waals surface area (Å²) in [7, 11) is 1.56. The smallest absolute Gasteiger partial charge is 0.341 e. The molecule has 0 spiro atoms.